The van der Waals surface area contributed by atoms with E-state index in [-0.39, 0.29) is 33.4 Å². The second-order valence-electron chi connectivity index (χ2n) is 6.13. The summed E-state index contributed by atoms with van der Waals surface area (Å²) in [5.41, 5.74) is 1.08. The van der Waals surface area contributed by atoms with Crippen LogP contribution in [0.3, 0.4) is 0 Å². The number of benzene rings is 2. The highest BCUT2D eigenvalue weighted by Gasteiger charge is 2.20. The van der Waals surface area contributed by atoms with Crippen LogP contribution in [0.5, 0.6) is 0 Å². The molecular formula is C20H15N3O6S. The fourth-order valence-corrected chi connectivity index (χ4v) is 2.97. The Morgan fingerprint density at radius 1 is 1.10 bits per heavy atom. The number of anilines is 1. The van der Waals surface area contributed by atoms with E-state index in [4.69, 9.17) is 16.6 Å². The molecule has 0 aliphatic carbocycles. The highest BCUT2D eigenvalue weighted by Crippen LogP contribution is 2.30. The number of rotatable bonds is 5. The number of furan rings is 1. The number of nitrogens with zero attached hydrogens (tertiary/aromatic N) is 1. The summed E-state index contributed by atoms with van der Waals surface area (Å²) in [5.74, 6) is -1.67. The van der Waals surface area contributed by atoms with Gasteiger partial charge in [0.05, 0.1) is 16.1 Å². The second kappa shape index (κ2) is 8.53. The maximum Gasteiger partial charge on any atom is 0.336 e. The zero-order chi connectivity index (χ0) is 21.8. The highest BCUT2D eigenvalue weighted by atomic mass is 32.1. The van der Waals surface area contributed by atoms with Crippen LogP contribution in [-0.4, -0.2) is 27.0 Å². The van der Waals surface area contributed by atoms with E-state index < -0.39 is 16.8 Å². The quantitative estimate of drug-likeness (QED) is 0.317. The molecule has 152 valence electrons. The van der Waals surface area contributed by atoms with Gasteiger partial charge in [-0.15, -0.1) is 0 Å². The predicted octanol–water partition coefficient (Wildman–Crippen LogP) is 3.99. The van der Waals surface area contributed by atoms with Crippen molar-refractivity contribution in [1.82, 2.24) is 5.32 Å². The van der Waals surface area contributed by atoms with Crippen LogP contribution in [0, 0.1) is 17.0 Å². The largest absolute Gasteiger partial charge is 0.478 e. The molecule has 0 atom stereocenters. The third-order valence-corrected chi connectivity index (χ3v) is 4.44. The van der Waals surface area contributed by atoms with Crippen molar-refractivity contribution in [1.29, 1.82) is 0 Å². The maximum atomic E-state index is 12.4. The van der Waals surface area contributed by atoms with Gasteiger partial charge in [-0.05, 0) is 55.0 Å². The first kappa shape index (κ1) is 20.7. The van der Waals surface area contributed by atoms with Crippen molar-refractivity contribution in [3.05, 3.63) is 81.6 Å². The Labute approximate surface area is 175 Å². The summed E-state index contributed by atoms with van der Waals surface area (Å²) in [4.78, 5) is 34.3. The number of carbonyl (C=O) groups excluding carboxylic acids is 1. The van der Waals surface area contributed by atoms with Crippen molar-refractivity contribution in [2.75, 3.05) is 5.32 Å². The molecule has 0 saturated heterocycles. The van der Waals surface area contributed by atoms with E-state index in [0.29, 0.717) is 11.3 Å². The van der Waals surface area contributed by atoms with Crippen LogP contribution in [0.2, 0.25) is 0 Å². The van der Waals surface area contributed by atoms with Gasteiger partial charge in [0.2, 0.25) is 0 Å². The molecule has 2 aromatic carbocycles. The van der Waals surface area contributed by atoms with E-state index in [9.17, 15) is 24.8 Å². The van der Waals surface area contributed by atoms with Crippen LogP contribution in [0.25, 0.3) is 11.3 Å². The molecule has 0 aliphatic rings. The Morgan fingerprint density at radius 2 is 1.83 bits per heavy atom. The van der Waals surface area contributed by atoms with E-state index in [2.05, 4.69) is 10.6 Å². The van der Waals surface area contributed by atoms with Crippen molar-refractivity contribution in [2.24, 2.45) is 0 Å². The molecule has 3 aromatic rings. The Balaban J connectivity index is 1.74. The van der Waals surface area contributed by atoms with Gasteiger partial charge >= 0.3 is 5.97 Å². The van der Waals surface area contributed by atoms with Crippen LogP contribution >= 0.6 is 12.2 Å². The number of nitrogens with one attached hydrogen (secondary N) is 2. The van der Waals surface area contributed by atoms with Gasteiger partial charge in [0.15, 0.2) is 10.9 Å². The fourth-order valence-electron chi connectivity index (χ4n) is 2.77. The summed E-state index contributed by atoms with van der Waals surface area (Å²) in [6.45, 7) is 1.61. The standard InChI is InChI=1S/C20H15N3O6S/c1-11-12(19(25)26)6-4-7-14(11)21-20(30)22-18(24)17-10-9-16(29-17)13-5-2-3-8-15(13)23(27)28/h2-10H,1H3,(H,25,26)(H2,21,22,24,30). The van der Waals surface area contributed by atoms with E-state index in [1.54, 1.807) is 25.1 Å². The average molecular weight is 425 g/mol. The number of nitro groups is 1. The van der Waals surface area contributed by atoms with Crippen LogP contribution in [-0.2, 0) is 0 Å². The van der Waals surface area contributed by atoms with Crippen molar-refractivity contribution < 1.29 is 24.0 Å². The van der Waals surface area contributed by atoms with Gasteiger partial charge in [0, 0.05) is 11.8 Å². The Bertz CT molecular complexity index is 1170. The molecule has 0 saturated carbocycles. The third-order valence-electron chi connectivity index (χ3n) is 4.24. The molecule has 0 bridgehead atoms. The number of hydrogen-bond donors (Lipinski definition) is 3. The van der Waals surface area contributed by atoms with E-state index >= 15 is 0 Å². The number of para-hydroxylation sites is 1. The molecule has 1 aromatic heterocycles. The van der Waals surface area contributed by atoms with Gasteiger partial charge in [-0.1, -0.05) is 18.2 Å². The number of carboxylic acid groups (broad SMARTS) is 1. The van der Waals surface area contributed by atoms with E-state index in [0.717, 1.165) is 0 Å². The minimum atomic E-state index is -1.08. The van der Waals surface area contributed by atoms with Crippen molar-refractivity contribution in [3.8, 4) is 11.3 Å². The molecule has 10 heteroatoms. The first-order valence-electron chi connectivity index (χ1n) is 8.57. The zero-order valence-electron chi connectivity index (χ0n) is 15.5. The maximum absolute atomic E-state index is 12.4. The number of carbonyl (C=O) groups is 2. The topological polar surface area (TPSA) is 135 Å². The smallest absolute Gasteiger partial charge is 0.336 e. The molecule has 3 rings (SSSR count). The molecular weight excluding hydrogens is 410 g/mol. The molecule has 3 N–H and O–H groups in total. The van der Waals surface area contributed by atoms with Gasteiger partial charge in [0.25, 0.3) is 11.6 Å². The average Bonchev–Trinajstić information content (AvgIpc) is 3.19. The second-order valence-corrected chi connectivity index (χ2v) is 6.54. The number of thiocarbonyl (C=S) groups is 1. The van der Waals surface area contributed by atoms with Gasteiger partial charge < -0.3 is 14.8 Å². The van der Waals surface area contributed by atoms with Gasteiger partial charge in [0.1, 0.15) is 5.76 Å². The molecule has 1 amide bonds. The monoisotopic (exact) mass is 425 g/mol. The summed E-state index contributed by atoms with van der Waals surface area (Å²) in [6.07, 6.45) is 0. The zero-order valence-corrected chi connectivity index (χ0v) is 16.4. The van der Waals surface area contributed by atoms with Gasteiger partial charge in [-0.2, -0.15) is 0 Å². The molecule has 0 spiro atoms. The van der Waals surface area contributed by atoms with Gasteiger partial charge in [-0.25, -0.2) is 4.79 Å². The lowest BCUT2D eigenvalue weighted by atomic mass is 10.1. The number of nitro benzene ring substituents is 1. The summed E-state index contributed by atoms with van der Waals surface area (Å²) < 4.78 is 5.47. The lowest BCUT2D eigenvalue weighted by Crippen LogP contribution is -2.34. The summed E-state index contributed by atoms with van der Waals surface area (Å²) in [6, 6.07) is 13.5. The summed E-state index contributed by atoms with van der Waals surface area (Å²) in [7, 11) is 0. The minimum Gasteiger partial charge on any atom is -0.478 e. The first-order valence-corrected chi connectivity index (χ1v) is 8.97. The van der Waals surface area contributed by atoms with Crippen LogP contribution in [0.4, 0.5) is 11.4 Å². The van der Waals surface area contributed by atoms with E-state index in [1.165, 1.54) is 36.4 Å². The van der Waals surface area contributed by atoms with Crippen molar-refractivity contribution in [3.63, 3.8) is 0 Å². The Hall–Kier alpha value is -4.05. The normalized spacial score (nSPS) is 10.3. The lowest BCUT2D eigenvalue weighted by Gasteiger charge is -2.12. The number of aromatic carboxylic acids is 1. The molecule has 0 fully saturated rings. The number of carboxylic acids is 1. The molecule has 30 heavy (non-hydrogen) atoms. The van der Waals surface area contributed by atoms with Crippen LogP contribution in [0.15, 0.2) is 59.0 Å². The number of hydrogen-bond acceptors (Lipinski definition) is 6. The molecule has 0 radical (unpaired) electrons. The van der Waals surface area contributed by atoms with Crippen LogP contribution in [0.1, 0.15) is 26.5 Å². The fraction of sp³-hybridized carbons (Fsp3) is 0.0500. The Kier molecular flexibility index (Phi) is 5.88. The third kappa shape index (κ3) is 4.33. The first-order chi connectivity index (χ1) is 14.3. The SMILES string of the molecule is Cc1c(NC(=S)NC(=O)c2ccc(-c3ccccc3[N+](=O)[O-])o2)cccc1C(=O)O. The van der Waals surface area contributed by atoms with Gasteiger partial charge in [-0.3, -0.25) is 20.2 Å². The van der Waals surface area contributed by atoms with Crippen molar-refractivity contribution >= 4 is 40.6 Å². The lowest BCUT2D eigenvalue weighted by molar-refractivity contribution is -0.384. The van der Waals surface area contributed by atoms with Crippen LogP contribution < -0.4 is 10.6 Å². The molecule has 9 nitrogen and oxygen atoms in total. The minimum absolute atomic E-state index is 0.0609. The van der Waals surface area contributed by atoms with Crippen molar-refractivity contribution in [2.45, 2.75) is 6.92 Å². The van der Waals surface area contributed by atoms with E-state index in [1.807, 2.05) is 0 Å². The summed E-state index contributed by atoms with van der Waals surface area (Å²) in [5, 5.41) is 25.5. The summed E-state index contributed by atoms with van der Waals surface area (Å²) >= 11 is 5.11. The number of amides is 1. The highest BCUT2D eigenvalue weighted by molar-refractivity contribution is 7.80. The molecule has 1 heterocycles. The Morgan fingerprint density at radius 3 is 2.53 bits per heavy atom. The molecule has 0 unspecified atom stereocenters. The molecule has 0 aliphatic heterocycles. The predicted molar refractivity (Wildman–Crippen MR) is 113 cm³/mol.